The van der Waals surface area contributed by atoms with Crippen LogP contribution in [0.15, 0.2) is 48.7 Å². The molecular formula is C27H35Cl2N4O5P. The number of nitrogens with one attached hydrogen (secondary N) is 4. The highest BCUT2D eigenvalue weighted by atomic mass is 35.5. The summed E-state index contributed by atoms with van der Waals surface area (Å²) in [6, 6.07) is 12.2. The lowest BCUT2D eigenvalue weighted by molar-refractivity contribution is -0.128. The van der Waals surface area contributed by atoms with E-state index in [-0.39, 0.29) is 32.0 Å². The zero-order chi connectivity index (χ0) is 28.6. The maximum Gasteiger partial charge on any atom is 0.349 e. The van der Waals surface area contributed by atoms with Crippen molar-refractivity contribution in [1.82, 2.24) is 20.9 Å². The Morgan fingerprint density at radius 2 is 1.72 bits per heavy atom. The maximum atomic E-state index is 13.5. The van der Waals surface area contributed by atoms with Gasteiger partial charge in [-0.15, -0.1) is 0 Å². The molecule has 0 radical (unpaired) electrons. The van der Waals surface area contributed by atoms with Crippen molar-refractivity contribution in [3.63, 3.8) is 0 Å². The first kappa shape index (κ1) is 31.1. The van der Waals surface area contributed by atoms with Gasteiger partial charge in [0.05, 0.1) is 34.8 Å². The summed E-state index contributed by atoms with van der Waals surface area (Å²) in [5.41, 5.74) is 1.44. The van der Waals surface area contributed by atoms with Gasteiger partial charge in [-0.2, -0.15) is 0 Å². The van der Waals surface area contributed by atoms with E-state index in [2.05, 4.69) is 20.9 Å². The average molecular weight is 597 g/mol. The van der Waals surface area contributed by atoms with Gasteiger partial charge in [0.15, 0.2) is 0 Å². The van der Waals surface area contributed by atoms with E-state index in [1.165, 1.54) is 0 Å². The van der Waals surface area contributed by atoms with E-state index >= 15 is 0 Å². The van der Waals surface area contributed by atoms with Gasteiger partial charge in [0.25, 0.3) is 0 Å². The molecule has 1 atom stereocenters. The maximum absolute atomic E-state index is 13.5. The van der Waals surface area contributed by atoms with Gasteiger partial charge in [-0.1, -0.05) is 47.5 Å². The standard InChI is InChI=1S/C27H35Cl2N4O5P/c1-5-37-39(36,38-6-2)17-32-26(35)27(3,4)33-24(14-19-16-30-23-10-8-7-9-20(19)23)25(34)31-15-18-11-12-21(28)22(29)13-18/h7-13,16,24,30,33H,5-6,14-15,17H2,1-4H3,(H,31,34)(H,32,35). The summed E-state index contributed by atoms with van der Waals surface area (Å²) >= 11 is 12.1. The summed E-state index contributed by atoms with van der Waals surface area (Å²) in [5, 5.41) is 10.6. The van der Waals surface area contributed by atoms with E-state index < -0.39 is 25.1 Å². The molecule has 39 heavy (non-hydrogen) atoms. The Bertz CT molecular complexity index is 1340. The summed E-state index contributed by atoms with van der Waals surface area (Å²) in [6.07, 6.45) is 1.89. The van der Waals surface area contributed by atoms with E-state index in [1.807, 2.05) is 30.5 Å². The lowest BCUT2D eigenvalue weighted by Crippen LogP contribution is -2.60. The number of carbonyl (C=O) groups is 2. The van der Waals surface area contributed by atoms with Gasteiger partial charge in [-0.05, 0) is 63.4 Å². The zero-order valence-electron chi connectivity index (χ0n) is 22.5. The van der Waals surface area contributed by atoms with Crippen LogP contribution < -0.4 is 16.0 Å². The highest BCUT2D eigenvalue weighted by molar-refractivity contribution is 7.53. The number of halogens is 2. The predicted octanol–water partition coefficient (Wildman–Crippen LogP) is 5.41. The molecular weight excluding hydrogens is 562 g/mol. The third-order valence-corrected chi connectivity index (χ3v) is 8.64. The molecule has 0 aliphatic carbocycles. The van der Waals surface area contributed by atoms with Crippen molar-refractivity contribution in [2.75, 3.05) is 19.5 Å². The fraction of sp³-hybridized carbons (Fsp3) is 0.407. The molecule has 12 heteroatoms. The van der Waals surface area contributed by atoms with Crippen molar-refractivity contribution < 1.29 is 23.2 Å². The minimum Gasteiger partial charge on any atom is -0.361 e. The van der Waals surface area contributed by atoms with Gasteiger partial charge in [0.2, 0.25) is 11.8 Å². The molecule has 212 valence electrons. The number of fused-ring (bicyclic) bond motifs is 1. The molecule has 1 unspecified atom stereocenters. The Morgan fingerprint density at radius 1 is 1.03 bits per heavy atom. The van der Waals surface area contributed by atoms with E-state index in [0.29, 0.717) is 16.5 Å². The third kappa shape index (κ3) is 8.55. The molecule has 0 bridgehead atoms. The molecule has 2 amide bonds. The molecule has 0 fully saturated rings. The quantitative estimate of drug-likeness (QED) is 0.185. The van der Waals surface area contributed by atoms with E-state index in [9.17, 15) is 14.2 Å². The topological polar surface area (TPSA) is 122 Å². The summed E-state index contributed by atoms with van der Waals surface area (Å²) in [6.45, 7) is 7.29. The van der Waals surface area contributed by atoms with Gasteiger partial charge in [-0.25, -0.2) is 0 Å². The number of hydrogen-bond donors (Lipinski definition) is 4. The Morgan fingerprint density at radius 3 is 2.38 bits per heavy atom. The van der Waals surface area contributed by atoms with Crippen molar-refractivity contribution >= 4 is 53.5 Å². The first-order chi connectivity index (χ1) is 18.5. The van der Waals surface area contributed by atoms with Gasteiger partial charge in [0, 0.05) is 23.6 Å². The van der Waals surface area contributed by atoms with Gasteiger partial charge < -0.3 is 24.7 Å². The van der Waals surface area contributed by atoms with E-state index in [4.69, 9.17) is 32.2 Å². The molecule has 0 spiro atoms. The van der Waals surface area contributed by atoms with Crippen LogP contribution in [-0.4, -0.2) is 47.9 Å². The summed E-state index contributed by atoms with van der Waals surface area (Å²) < 4.78 is 23.3. The summed E-state index contributed by atoms with van der Waals surface area (Å²) in [7, 11) is -3.49. The average Bonchev–Trinajstić information content (AvgIpc) is 3.30. The van der Waals surface area contributed by atoms with Crippen LogP contribution in [0.4, 0.5) is 0 Å². The molecule has 9 nitrogen and oxygen atoms in total. The zero-order valence-corrected chi connectivity index (χ0v) is 24.9. The number of amides is 2. The molecule has 0 saturated carbocycles. The minimum absolute atomic E-state index is 0.181. The third-order valence-electron chi connectivity index (χ3n) is 6.05. The number of para-hydroxylation sites is 1. The van der Waals surface area contributed by atoms with Crippen LogP contribution in [0.1, 0.15) is 38.8 Å². The lowest BCUT2D eigenvalue weighted by Gasteiger charge is -2.31. The predicted molar refractivity (Wildman–Crippen MR) is 155 cm³/mol. The van der Waals surface area contributed by atoms with Crippen LogP contribution in [0.3, 0.4) is 0 Å². The molecule has 0 aliphatic heterocycles. The van der Waals surface area contributed by atoms with E-state index in [1.54, 1.807) is 45.9 Å². The van der Waals surface area contributed by atoms with Crippen LogP contribution in [0, 0.1) is 0 Å². The van der Waals surface area contributed by atoms with Crippen molar-refractivity contribution in [1.29, 1.82) is 0 Å². The van der Waals surface area contributed by atoms with E-state index in [0.717, 1.165) is 22.0 Å². The van der Waals surface area contributed by atoms with Crippen LogP contribution >= 0.6 is 30.8 Å². The number of benzene rings is 2. The summed E-state index contributed by atoms with van der Waals surface area (Å²) in [4.78, 5) is 29.9. The molecule has 0 saturated heterocycles. The number of H-pyrrole nitrogens is 1. The Balaban J connectivity index is 1.78. The Hall–Kier alpha value is -2.39. The highest BCUT2D eigenvalue weighted by Gasteiger charge is 2.35. The lowest BCUT2D eigenvalue weighted by atomic mass is 9.98. The molecule has 2 aromatic carbocycles. The number of carbonyl (C=O) groups excluding carboxylic acids is 2. The second kappa shape index (κ2) is 13.8. The highest BCUT2D eigenvalue weighted by Crippen LogP contribution is 2.46. The number of aromatic nitrogens is 1. The first-order valence-electron chi connectivity index (χ1n) is 12.7. The van der Waals surface area contributed by atoms with Crippen molar-refractivity contribution in [2.24, 2.45) is 0 Å². The normalized spacial score (nSPS) is 12.9. The molecule has 1 aromatic heterocycles. The number of aromatic amines is 1. The monoisotopic (exact) mass is 596 g/mol. The smallest absolute Gasteiger partial charge is 0.349 e. The molecule has 3 aromatic rings. The summed E-state index contributed by atoms with van der Waals surface area (Å²) in [5.74, 6) is -0.759. The van der Waals surface area contributed by atoms with Crippen LogP contribution in [0.5, 0.6) is 0 Å². The Kier molecular flexibility index (Phi) is 11.0. The molecule has 4 N–H and O–H groups in total. The van der Waals surface area contributed by atoms with Gasteiger partial charge >= 0.3 is 7.60 Å². The van der Waals surface area contributed by atoms with Crippen LogP contribution in [0.25, 0.3) is 10.9 Å². The van der Waals surface area contributed by atoms with Gasteiger partial charge in [0.1, 0.15) is 6.29 Å². The second-order valence-electron chi connectivity index (χ2n) is 9.46. The first-order valence-corrected chi connectivity index (χ1v) is 15.2. The molecule has 0 aliphatic rings. The van der Waals surface area contributed by atoms with Crippen molar-refractivity contribution in [3.8, 4) is 0 Å². The Labute approximate surface area is 238 Å². The van der Waals surface area contributed by atoms with Crippen LogP contribution in [-0.2, 0) is 36.2 Å². The van der Waals surface area contributed by atoms with Crippen LogP contribution in [0.2, 0.25) is 10.0 Å². The molecule has 1 heterocycles. The fourth-order valence-corrected chi connectivity index (χ4v) is 5.81. The van der Waals surface area contributed by atoms with Crippen molar-refractivity contribution in [3.05, 3.63) is 69.8 Å². The second-order valence-corrected chi connectivity index (χ2v) is 12.3. The number of hydrogen-bond acceptors (Lipinski definition) is 6. The SMILES string of the molecule is CCOP(=O)(CNC(=O)C(C)(C)NC(Cc1c[nH]c2ccccc12)C(=O)NCc1ccc(Cl)c(Cl)c1)OCC. The largest absolute Gasteiger partial charge is 0.361 e. The fourth-order valence-electron chi connectivity index (χ4n) is 4.10. The molecule has 3 rings (SSSR count). The minimum atomic E-state index is -3.49. The number of rotatable bonds is 14. The van der Waals surface area contributed by atoms with Gasteiger partial charge in [-0.3, -0.25) is 19.5 Å². The van der Waals surface area contributed by atoms with Crippen molar-refractivity contribution in [2.45, 2.75) is 52.2 Å².